The van der Waals surface area contributed by atoms with Crippen molar-refractivity contribution in [1.29, 1.82) is 0 Å². The molecular formula is C14H17ClF2N2O3. The maximum Gasteiger partial charge on any atom is 0.387 e. The maximum atomic E-state index is 12.1. The Morgan fingerprint density at radius 2 is 2.27 bits per heavy atom. The van der Waals surface area contributed by atoms with Crippen molar-refractivity contribution in [2.75, 3.05) is 31.6 Å². The van der Waals surface area contributed by atoms with Gasteiger partial charge in [0.1, 0.15) is 5.75 Å². The number of hydrogen-bond acceptors (Lipinski definition) is 4. The Kier molecular flexibility index (Phi) is 7.79. The van der Waals surface area contributed by atoms with Crippen LogP contribution in [0.25, 0.3) is 0 Å². The first-order valence-electron chi connectivity index (χ1n) is 6.44. The monoisotopic (exact) mass is 334 g/mol. The van der Waals surface area contributed by atoms with E-state index in [4.69, 9.17) is 16.7 Å². The van der Waals surface area contributed by atoms with Gasteiger partial charge >= 0.3 is 6.61 Å². The molecule has 1 aromatic carbocycles. The summed E-state index contributed by atoms with van der Waals surface area (Å²) >= 11 is 5.80. The second-order valence-corrected chi connectivity index (χ2v) is 4.73. The summed E-state index contributed by atoms with van der Waals surface area (Å²) in [4.78, 5) is 13.6. The maximum absolute atomic E-state index is 12.1. The first kappa shape index (κ1) is 18.3. The van der Waals surface area contributed by atoms with Crippen molar-refractivity contribution in [3.8, 4) is 5.75 Å². The Morgan fingerprint density at radius 1 is 1.55 bits per heavy atom. The zero-order valence-electron chi connectivity index (χ0n) is 11.8. The lowest BCUT2D eigenvalue weighted by atomic mass is 10.3. The molecule has 0 aliphatic carbocycles. The minimum atomic E-state index is -2.97. The van der Waals surface area contributed by atoms with Crippen LogP contribution in [0.15, 0.2) is 30.9 Å². The summed E-state index contributed by atoms with van der Waals surface area (Å²) < 4.78 is 28.4. The van der Waals surface area contributed by atoms with Gasteiger partial charge in [-0.1, -0.05) is 17.7 Å². The summed E-state index contributed by atoms with van der Waals surface area (Å²) in [5, 5.41) is 11.5. The molecule has 0 saturated heterocycles. The Bertz CT molecular complexity index is 515. The standard InChI is InChI=1S/C14H17ClF2N2O3/c1-2-5-19(6-7-20)9-13(21)18-10-3-4-12(11(15)8-10)22-14(16)17/h2-4,8,14,20H,1,5-7,9H2,(H,18,21). The van der Waals surface area contributed by atoms with Crippen LogP contribution in [0.4, 0.5) is 14.5 Å². The molecule has 122 valence electrons. The lowest BCUT2D eigenvalue weighted by Crippen LogP contribution is -2.35. The number of amides is 1. The SMILES string of the molecule is C=CCN(CCO)CC(=O)Nc1ccc(OC(F)F)c(Cl)c1. The molecule has 1 aromatic rings. The number of alkyl halides is 2. The van der Waals surface area contributed by atoms with Crippen LogP contribution in [0, 0.1) is 0 Å². The van der Waals surface area contributed by atoms with Crippen LogP contribution in [-0.2, 0) is 4.79 Å². The molecule has 0 radical (unpaired) electrons. The lowest BCUT2D eigenvalue weighted by molar-refractivity contribution is -0.117. The van der Waals surface area contributed by atoms with Crippen molar-refractivity contribution < 1.29 is 23.4 Å². The average molecular weight is 335 g/mol. The highest BCUT2D eigenvalue weighted by Gasteiger charge is 2.12. The van der Waals surface area contributed by atoms with Gasteiger partial charge in [0.15, 0.2) is 0 Å². The van der Waals surface area contributed by atoms with Gasteiger partial charge < -0.3 is 15.2 Å². The van der Waals surface area contributed by atoms with Crippen LogP contribution in [0.5, 0.6) is 5.75 Å². The highest BCUT2D eigenvalue weighted by Crippen LogP contribution is 2.28. The van der Waals surface area contributed by atoms with Gasteiger partial charge in [-0.2, -0.15) is 8.78 Å². The molecule has 0 atom stereocenters. The fraction of sp³-hybridized carbons (Fsp3) is 0.357. The number of hydrogen-bond donors (Lipinski definition) is 2. The third-order valence-electron chi connectivity index (χ3n) is 2.60. The van der Waals surface area contributed by atoms with Crippen LogP contribution in [0.1, 0.15) is 0 Å². The molecule has 2 N–H and O–H groups in total. The second kappa shape index (κ2) is 9.34. The summed E-state index contributed by atoms with van der Waals surface area (Å²) in [6.45, 7) is 1.37. The predicted molar refractivity (Wildman–Crippen MR) is 80.4 cm³/mol. The largest absolute Gasteiger partial charge is 0.433 e. The van der Waals surface area contributed by atoms with E-state index in [1.165, 1.54) is 18.2 Å². The quantitative estimate of drug-likeness (QED) is 0.681. The van der Waals surface area contributed by atoms with E-state index in [-0.39, 0.29) is 29.8 Å². The van der Waals surface area contributed by atoms with E-state index in [0.29, 0.717) is 18.8 Å². The van der Waals surface area contributed by atoms with E-state index in [0.717, 1.165) is 0 Å². The highest BCUT2D eigenvalue weighted by atomic mass is 35.5. The van der Waals surface area contributed by atoms with E-state index in [9.17, 15) is 13.6 Å². The molecule has 0 fully saturated rings. The summed E-state index contributed by atoms with van der Waals surface area (Å²) in [5.41, 5.74) is 0.360. The normalized spacial score (nSPS) is 10.8. The van der Waals surface area contributed by atoms with Gasteiger partial charge in [-0.15, -0.1) is 6.58 Å². The molecule has 0 spiro atoms. The summed E-state index contributed by atoms with van der Waals surface area (Å²) in [7, 11) is 0. The van der Waals surface area contributed by atoms with Crippen molar-refractivity contribution in [3.63, 3.8) is 0 Å². The number of carbonyl (C=O) groups is 1. The summed E-state index contributed by atoms with van der Waals surface area (Å²) in [6, 6.07) is 3.98. The van der Waals surface area contributed by atoms with Crippen molar-refractivity contribution in [2.45, 2.75) is 6.61 Å². The van der Waals surface area contributed by atoms with Crippen molar-refractivity contribution in [2.24, 2.45) is 0 Å². The Balaban J connectivity index is 2.63. The third kappa shape index (κ3) is 6.38. The molecule has 0 aliphatic rings. The van der Waals surface area contributed by atoms with Crippen molar-refractivity contribution in [3.05, 3.63) is 35.9 Å². The van der Waals surface area contributed by atoms with Crippen LogP contribution < -0.4 is 10.1 Å². The van der Waals surface area contributed by atoms with E-state index in [1.54, 1.807) is 11.0 Å². The number of anilines is 1. The van der Waals surface area contributed by atoms with E-state index < -0.39 is 6.61 Å². The summed E-state index contributed by atoms with van der Waals surface area (Å²) in [6.07, 6.45) is 1.62. The topological polar surface area (TPSA) is 61.8 Å². The van der Waals surface area contributed by atoms with Crippen LogP contribution in [0.3, 0.4) is 0 Å². The van der Waals surface area contributed by atoms with Gasteiger partial charge in [-0.3, -0.25) is 9.69 Å². The van der Waals surface area contributed by atoms with E-state index in [2.05, 4.69) is 16.6 Å². The first-order valence-corrected chi connectivity index (χ1v) is 6.82. The molecular weight excluding hydrogens is 318 g/mol. The molecule has 22 heavy (non-hydrogen) atoms. The lowest BCUT2D eigenvalue weighted by Gasteiger charge is -2.18. The first-order chi connectivity index (χ1) is 10.5. The Labute approximate surface area is 132 Å². The molecule has 1 rings (SSSR count). The number of aliphatic hydroxyl groups excluding tert-OH is 1. The van der Waals surface area contributed by atoms with E-state index in [1.807, 2.05) is 0 Å². The predicted octanol–water partition coefficient (Wildman–Crippen LogP) is 2.36. The molecule has 1 amide bonds. The van der Waals surface area contributed by atoms with Gasteiger partial charge in [-0.25, -0.2) is 0 Å². The highest BCUT2D eigenvalue weighted by molar-refractivity contribution is 6.32. The van der Waals surface area contributed by atoms with Gasteiger partial charge in [-0.05, 0) is 18.2 Å². The van der Waals surface area contributed by atoms with Crippen LogP contribution in [-0.4, -0.2) is 48.8 Å². The van der Waals surface area contributed by atoms with E-state index >= 15 is 0 Å². The second-order valence-electron chi connectivity index (χ2n) is 4.32. The molecule has 0 saturated carbocycles. The van der Waals surface area contributed by atoms with Crippen molar-refractivity contribution >= 4 is 23.2 Å². The van der Waals surface area contributed by atoms with Crippen LogP contribution in [0.2, 0.25) is 5.02 Å². The molecule has 0 heterocycles. The van der Waals surface area contributed by atoms with Gasteiger partial charge in [0.25, 0.3) is 0 Å². The minimum Gasteiger partial charge on any atom is -0.433 e. The number of halogens is 3. The number of nitrogens with zero attached hydrogens (tertiary/aromatic N) is 1. The van der Waals surface area contributed by atoms with Gasteiger partial charge in [0.2, 0.25) is 5.91 Å². The van der Waals surface area contributed by atoms with Gasteiger partial charge in [0, 0.05) is 18.8 Å². The number of ether oxygens (including phenoxy) is 1. The average Bonchev–Trinajstić information content (AvgIpc) is 2.42. The minimum absolute atomic E-state index is 0.0311. The fourth-order valence-corrected chi connectivity index (χ4v) is 1.96. The molecule has 0 aliphatic heterocycles. The zero-order chi connectivity index (χ0) is 16.5. The number of benzene rings is 1. The smallest absolute Gasteiger partial charge is 0.387 e. The fourth-order valence-electron chi connectivity index (χ4n) is 1.73. The molecule has 0 bridgehead atoms. The van der Waals surface area contributed by atoms with Crippen molar-refractivity contribution in [1.82, 2.24) is 4.90 Å². The molecule has 0 aromatic heterocycles. The number of nitrogens with one attached hydrogen (secondary N) is 1. The summed E-state index contributed by atoms with van der Waals surface area (Å²) in [5.74, 6) is -0.489. The number of rotatable bonds is 9. The Hall–Kier alpha value is -1.70. The number of aliphatic hydroxyl groups is 1. The molecule has 0 unspecified atom stereocenters. The number of carbonyl (C=O) groups excluding carboxylic acids is 1. The zero-order valence-corrected chi connectivity index (χ0v) is 12.5. The molecule has 8 heteroatoms. The third-order valence-corrected chi connectivity index (χ3v) is 2.90. The van der Waals surface area contributed by atoms with Crippen LogP contribution >= 0.6 is 11.6 Å². The Morgan fingerprint density at radius 3 is 2.82 bits per heavy atom. The van der Waals surface area contributed by atoms with Gasteiger partial charge in [0.05, 0.1) is 18.2 Å². The molecule has 5 nitrogen and oxygen atoms in total.